The molecule has 2 heterocycles. The van der Waals surface area contributed by atoms with Crippen molar-refractivity contribution in [1.82, 2.24) is 14.5 Å². The molecule has 0 unspecified atom stereocenters. The molecule has 174 valence electrons. The van der Waals surface area contributed by atoms with E-state index in [1.165, 1.54) is 12.1 Å². The number of nitrogens with two attached hydrogens (primary N) is 1. The summed E-state index contributed by atoms with van der Waals surface area (Å²) < 4.78 is 15.5. The van der Waals surface area contributed by atoms with Crippen LogP contribution in [0.4, 0.5) is 10.2 Å². The molecule has 0 fully saturated rings. The fourth-order valence-corrected chi connectivity index (χ4v) is 4.31. The van der Waals surface area contributed by atoms with E-state index < -0.39 is 13.0 Å². The van der Waals surface area contributed by atoms with E-state index in [1.54, 1.807) is 60.3 Å². The van der Waals surface area contributed by atoms with Crippen LogP contribution in [0.5, 0.6) is 0 Å². The molecule has 8 nitrogen and oxygen atoms in total. The van der Waals surface area contributed by atoms with Gasteiger partial charge in [-0.25, -0.2) is 14.4 Å². The summed E-state index contributed by atoms with van der Waals surface area (Å²) in [6, 6.07) is 16.5. The largest absolute Gasteiger partial charge is 0.490 e. The Balaban J connectivity index is 1.72. The van der Waals surface area contributed by atoms with Crippen LogP contribution in [0.1, 0.15) is 15.9 Å². The summed E-state index contributed by atoms with van der Waals surface area (Å²) in [4.78, 5) is 21.4. The molecule has 0 saturated heterocycles. The average molecular weight is 469 g/mol. The van der Waals surface area contributed by atoms with Crippen LogP contribution in [0.2, 0.25) is 0 Å². The Morgan fingerprint density at radius 3 is 2.54 bits per heavy atom. The number of rotatable bonds is 6. The van der Waals surface area contributed by atoms with E-state index in [2.05, 4.69) is 10.3 Å². The minimum Gasteiger partial charge on any atom is -0.423 e. The minimum atomic E-state index is -1.75. The fourth-order valence-electron chi connectivity index (χ4n) is 4.31. The molecule has 2 aromatic heterocycles. The molecular formula is C25H21BFN5O3. The SMILES string of the molecule is Cn1cc2c(C(N)=O)cccc2c1-c1nc(NCc2cccc(F)c2)c2cccc(B(O)O)c2n1. The van der Waals surface area contributed by atoms with Gasteiger partial charge in [0.1, 0.15) is 11.6 Å². The lowest BCUT2D eigenvalue weighted by molar-refractivity contribution is 0.100. The van der Waals surface area contributed by atoms with Crippen molar-refractivity contribution >= 4 is 46.0 Å². The van der Waals surface area contributed by atoms with Crippen molar-refractivity contribution in [1.29, 1.82) is 0 Å². The number of benzene rings is 3. The van der Waals surface area contributed by atoms with Gasteiger partial charge >= 0.3 is 7.12 Å². The molecule has 10 heteroatoms. The molecule has 0 aliphatic rings. The highest BCUT2D eigenvalue weighted by atomic mass is 19.1. The summed E-state index contributed by atoms with van der Waals surface area (Å²) in [5.41, 5.74) is 7.86. The summed E-state index contributed by atoms with van der Waals surface area (Å²) in [6.45, 7) is 0.287. The summed E-state index contributed by atoms with van der Waals surface area (Å²) >= 11 is 0. The number of hydrogen-bond acceptors (Lipinski definition) is 6. The number of nitrogens with zero attached hydrogens (tertiary/aromatic N) is 3. The lowest BCUT2D eigenvalue weighted by atomic mass is 9.79. The van der Waals surface area contributed by atoms with E-state index in [-0.39, 0.29) is 17.8 Å². The van der Waals surface area contributed by atoms with Gasteiger partial charge in [0.15, 0.2) is 5.82 Å². The molecule has 35 heavy (non-hydrogen) atoms. The molecule has 0 spiro atoms. The zero-order valence-electron chi connectivity index (χ0n) is 18.7. The molecule has 0 aliphatic heterocycles. The van der Waals surface area contributed by atoms with Gasteiger partial charge in [0, 0.05) is 47.0 Å². The molecule has 1 amide bonds. The number of para-hydroxylation sites is 1. The third-order valence-corrected chi connectivity index (χ3v) is 5.90. The molecule has 0 bridgehead atoms. The van der Waals surface area contributed by atoms with Gasteiger partial charge < -0.3 is 25.7 Å². The normalized spacial score (nSPS) is 11.2. The maximum Gasteiger partial charge on any atom is 0.490 e. The average Bonchev–Trinajstić information content (AvgIpc) is 3.17. The number of nitrogens with one attached hydrogen (secondary N) is 1. The molecule has 0 saturated carbocycles. The lowest BCUT2D eigenvalue weighted by Crippen LogP contribution is -2.31. The first kappa shape index (κ1) is 22.5. The van der Waals surface area contributed by atoms with Crippen molar-refractivity contribution < 1.29 is 19.2 Å². The third kappa shape index (κ3) is 4.09. The van der Waals surface area contributed by atoms with E-state index >= 15 is 0 Å². The maximum atomic E-state index is 13.7. The standard InChI is InChI=1S/C25H21BFN5O3/c1-32-13-19-16(7-3-8-17(19)23(28)33)22(32)25-30-21-18(9-4-10-20(21)26(34)35)24(31-25)29-12-14-5-2-6-15(27)11-14/h2-11,13,34-35H,12H2,1H3,(H2,28,33)(H,29,30,31). The van der Waals surface area contributed by atoms with E-state index in [0.29, 0.717) is 44.8 Å². The highest BCUT2D eigenvalue weighted by molar-refractivity contribution is 6.61. The van der Waals surface area contributed by atoms with Gasteiger partial charge in [-0.2, -0.15) is 0 Å². The van der Waals surface area contributed by atoms with Crippen molar-refractivity contribution in [3.63, 3.8) is 0 Å². The second-order valence-corrected chi connectivity index (χ2v) is 8.22. The first-order valence-electron chi connectivity index (χ1n) is 10.9. The predicted molar refractivity (Wildman–Crippen MR) is 134 cm³/mol. The Labute approximate surface area is 200 Å². The van der Waals surface area contributed by atoms with Gasteiger partial charge in [-0.05, 0) is 29.8 Å². The van der Waals surface area contributed by atoms with Crippen LogP contribution in [0, 0.1) is 5.82 Å². The number of anilines is 1. The predicted octanol–water partition coefficient (Wildman–Crippen LogP) is 2.32. The summed E-state index contributed by atoms with van der Waals surface area (Å²) in [6.07, 6.45) is 1.78. The molecule has 5 rings (SSSR count). The maximum absolute atomic E-state index is 13.7. The minimum absolute atomic E-state index is 0.219. The number of fused-ring (bicyclic) bond motifs is 2. The number of carbonyl (C=O) groups is 1. The Hall–Kier alpha value is -4.28. The Morgan fingerprint density at radius 2 is 1.80 bits per heavy atom. The molecule has 0 radical (unpaired) electrons. The highest BCUT2D eigenvalue weighted by Crippen LogP contribution is 2.32. The highest BCUT2D eigenvalue weighted by Gasteiger charge is 2.22. The van der Waals surface area contributed by atoms with Crippen LogP contribution in [0.15, 0.2) is 66.9 Å². The van der Waals surface area contributed by atoms with Gasteiger partial charge in [0.25, 0.3) is 0 Å². The van der Waals surface area contributed by atoms with Gasteiger partial charge in [0.2, 0.25) is 5.91 Å². The van der Waals surface area contributed by atoms with Crippen LogP contribution in [-0.4, -0.2) is 37.6 Å². The molecular weight excluding hydrogens is 448 g/mol. The van der Waals surface area contributed by atoms with Gasteiger partial charge in [-0.1, -0.05) is 36.4 Å². The van der Waals surface area contributed by atoms with Gasteiger partial charge in [-0.3, -0.25) is 4.79 Å². The van der Waals surface area contributed by atoms with Crippen LogP contribution < -0.4 is 16.5 Å². The number of aryl methyl sites for hydroxylation is 1. The fraction of sp³-hybridized carbons (Fsp3) is 0.0800. The van der Waals surface area contributed by atoms with Crippen LogP contribution in [0.3, 0.4) is 0 Å². The zero-order chi connectivity index (χ0) is 24.7. The number of carbonyl (C=O) groups excluding carboxylic acids is 1. The lowest BCUT2D eigenvalue weighted by Gasteiger charge is -2.14. The molecule has 5 N–H and O–H groups in total. The van der Waals surface area contributed by atoms with E-state index in [1.807, 2.05) is 6.07 Å². The first-order chi connectivity index (χ1) is 16.8. The van der Waals surface area contributed by atoms with Crippen LogP contribution >= 0.6 is 0 Å². The Kier molecular flexibility index (Phi) is 5.68. The summed E-state index contributed by atoms with van der Waals surface area (Å²) in [5, 5.41) is 25.1. The molecule has 3 aromatic carbocycles. The first-order valence-corrected chi connectivity index (χ1v) is 10.9. The Morgan fingerprint density at radius 1 is 1.06 bits per heavy atom. The molecule has 0 aliphatic carbocycles. The zero-order valence-corrected chi connectivity index (χ0v) is 18.7. The van der Waals surface area contributed by atoms with E-state index in [4.69, 9.17) is 10.7 Å². The number of hydrogen-bond donors (Lipinski definition) is 4. The van der Waals surface area contributed by atoms with Crippen molar-refractivity contribution in [3.8, 4) is 11.5 Å². The Bertz CT molecular complexity index is 1600. The van der Waals surface area contributed by atoms with Crippen molar-refractivity contribution in [2.24, 2.45) is 12.8 Å². The second-order valence-electron chi connectivity index (χ2n) is 8.22. The van der Waals surface area contributed by atoms with Crippen molar-refractivity contribution in [3.05, 3.63) is 83.8 Å². The van der Waals surface area contributed by atoms with Crippen LogP contribution in [0.25, 0.3) is 33.2 Å². The van der Waals surface area contributed by atoms with Crippen molar-refractivity contribution in [2.45, 2.75) is 6.54 Å². The summed E-state index contributed by atoms with van der Waals surface area (Å²) in [5.74, 6) is -0.136. The van der Waals surface area contributed by atoms with Crippen molar-refractivity contribution in [2.75, 3.05) is 5.32 Å². The number of halogens is 1. The van der Waals surface area contributed by atoms with E-state index in [0.717, 1.165) is 5.39 Å². The summed E-state index contributed by atoms with van der Waals surface area (Å²) in [7, 11) is 0.0597. The third-order valence-electron chi connectivity index (χ3n) is 5.90. The number of amides is 1. The quantitative estimate of drug-likeness (QED) is 0.283. The second kappa shape index (κ2) is 8.82. The van der Waals surface area contributed by atoms with E-state index in [9.17, 15) is 19.2 Å². The van der Waals surface area contributed by atoms with Gasteiger partial charge in [-0.15, -0.1) is 0 Å². The van der Waals surface area contributed by atoms with Crippen LogP contribution in [-0.2, 0) is 13.6 Å². The monoisotopic (exact) mass is 469 g/mol. The topological polar surface area (TPSA) is 126 Å². The van der Waals surface area contributed by atoms with Gasteiger partial charge in [0.05, 0.1) is 11.2 Å². The number of aromatic nitrogens is 3. The molecule has 5 aromatic rings. The number of primary amides is 1. The molecule has 0 atom stereocenters. The smallest absolute Gasteiger partial charge is 0.423 e.